The Labute approximate surface area is 120 Å². The van der Waals surface area contributed by atoms with E-state index >= 15 is 0 Å². The van der Waals surface area contributed by atoms with Crippen molar-refractivity contribution in [2.75, 3.05) is 0 Å². The Bertz CT molecular complexity index is 636. The summed E-state index contributed by atoms with van der Waals surface area (Å²) in [5, 5.41) is 2.13. The second kappa shape index (κ2) is 5.99. The summed E-state index contributed by atoms with van der Waals surface area (Å²) in [6, 6.07) is 16.3. The third-order valence-corrected chi connectivity index (χ3v) is 4.80. The molecule has 0 unspecified atom stereocenters. The normalized spacial score (nSPS) is 10.5. The number of thiazole rings is 1. The van der Waals surface area contributed by atoms with Gasteiger partial charge in [0.2, 0.25) is 0 Å². The van der Waals surface area contributed by atoms with Crippen molar-refractivity contribution in [1.82, 2.24) is 9.97 Å². The topological polar surface area (TPSA) is 25.8 Å². The van der Waals surface area contributed by atoms with E-state index in [9.17, 15) is 0 Å². The highest BCUT2D eigenvalue weighted by Crippen LogP contribution is 2.29. The highest BCUT2D eigenvalue weighted by Gasteiger charge is 2.05. The van der Waals surface area contributed by atoms with Crippen molar-refractivity contribution in [3.63, 3.8) is 0 Å². The Morgan fingerprint density at radius 3 is 2.58 bits per heavy atom. The second-order valence-electron chi connectivity index (χ2n) is 3.95. The van der Waals surface area contributed by atoms with E-state index in [0.717, 1.165) is 15.8 Å². The molecule has 0 radical (unpaired) electrons. The molecule has 2 nitrogen and oxygen atoms in total. The van der Waals surface area contributed by atoms with Gasteiger partial charge in [0.1, 0.15) is 5.01 Å². The SMILES string of the molecule is c1ccc(-c2ncc(CSc3ccccn3)s2)cc1. The number of hydrogen-bond donors (Lipinski definition) is 0. The third kappa shape index (κ3) is 3.22. The van der Waals surface area contributed by atoms with Crippen molar-refractivity contribution in [3.8, 4) is 10.6 Å². The molecule has 0 aliphatic heterocycles. The first-order valence-electron chi connectivity index (χ1n) is 5.96. The van der Waals surface area contributed by atoms with E-state index in [1.54, 1.807) is 23.1 Å². The van der Waals surface area contributed by atoms with E-state index in [2.05, 4.69) is 22.1 Å². The Balaban J connectivity index is 1.69. The summed E-state index contributed by atoms with van der Waals surface area (Å²) in [4.78, 5) is 10.1. The molecule has 0 aliphatic carbocycles. The van der Waals surface area contributed by atoms with Crippen molar-refractivity contribution in [2.45, 2.75) is 10.8 Å². The van der Waals surface area contributed by atoms with Crippen LogP contribution in [-0.4, -0.2) is 9.97 Å². The van der Waals surface area contributed by atoms with Crippen LogP contribution in [0.1, 0.15) is 4.88 Å². The van der Waals surface area contributed by atoms with Gasteiger partial charge in [-0.1, -0.05) is 36.4 Å². The van der Waals surface area contributed by atoms with Crippen molar-refractivity contribution in [2.24, 2.45) is 0 Å². The zero-order valence-corrected chi connectivity index (χ0v) is 11.8. The van der Waals surface area contributed by atoms with Gasteiger partial charge in [-0.3, -0.25) is 0 Å². The van der Waals surface area contributed by atoms with Gasteiger partial charge in [-0.25, -0.2) is 9.97 Å². The van der Waals surface area contributed by atoms with Crippen LogP contribution in [0.5, 0.6) is 0 Å². The van der Waals surface area contributed by atoms with Crippen LogP contribution in [-0.2, 0) is 5.75 Å². The lowest BCUT2D eigenvalue weighted by atomic mass is 10.2. The van der Waals surface area contributed by atoms with Gasteiger partial charge in [0.05, 0.1) is 5.03 Å². The molecule has 0 amide bonds. The van der Waals surface area contributed by atoms with E-state index in [-0.39, 0.29) is 0 Å². The molecule has 2 aromatic heterocycles. The van der Waals surface area contributed by atoms with E-state index in [4.69, 9.17) is 0 Å². The van der Waals surface area contributed by atoms with Gasteiger partial charge < -0.3 is 0 Å². The molecule has 0 N–H and O–H groups in total. The maximum absolute atomic E-state index is 4.48. The number of nitrogens with zero attached hydrogens (tertiary/aromatic N) is 2. The minimum absolute atomic E-state index is 0.918. The van der Waals surface area contributed by atoms with Crippen LogP contribution < -0.4 is 0 Å². The largest absolute Gasteiger partial charge is 0.250 e. The maximum atomic E-state index is 4.48. The summed E-state index contributed by atoms with van der Waals surface area (Å²) in [7, 11) is 0. The van der Waals surface area contributed by atoms with Crippen molar-refractivity contribution < 1.29 is 0 Å². The Hall–Kier alpha value is -1.65. The van der Waals surface area contributed by atoms with Gasteiger partial charge in [-0.15, -0.1) is 23.1 Å². The standard InChI is InChI=1S/C15H12N2S2/c1-2-6-12(7-3-1)15-17-10-13(19-15)11-18-14-8-4-5-9-16-14/h1-10H,11H2. The molecular weight excluding hydrogens is 272 g/mol. The Morgan fingerprint density at radius 1 is 0.947 bits per heavy atom. The molecule has 94 valence electrons. The third-order valence-electron chi connectivity index (χ3n) is 2.57. The molecule has 1 aromatic carbocycles. The summed E-state index contributed by atoms with van der Waals surface area (Å²) in [5.74, 6) is 0.918. The maximum Gasteiger partial charge on any atom is 0.123 e. The first kappa shape index (κ1) is 12.4. The minimum atomic E-state index is 0.918. The number of rotatable bonds is 4. The van der Waals surface area contributed by atoms with Gasteiger partial charge in [0.15, 0.2) is 0 Å². The van der Waals surface area contributed by atoms with E-state index in [1.807, 2.05) is 48.8 Å². The average Bonchev–Trinajstić information content (AvgIpc) is 2.96. The first-order chi connectivity index (χ1) is 9.42. The van der Waals surface area contributed by atoms with Crippen LogP contribution in [0.15, 0.2) is 66.0 Å². The quantitative estimate of drug-likeness (QED) is 0.660. The smallest absolute Gasteiger partial charge is 0.123 e. The minimum Gasteiger partial charge on any atom is -0.250 e. The number of pyridine rings is 1. The second-order valence-corrected chi connectivity index (χ2v) is 6.07. The molecule has 3 rings (SSSR count). The fourth-order valence-electron chi connectivity index (χ4n) is 1.67. The first-order valence-corrected chi connectivity index (χ1v) is 7.76. The van der Waals surface area contributed by atoms with Crippen LogP contribution in [0.25, 0.3) is 10.6 Å². The highest BCUT2D eigenvalue weighted by atomic mass is 32.2. The number of aromatic nitrogens is 2. The van der Waals surface area contributed by atoms with Gasteiger partial charge in [0, 0.05) is 28.6 Å². The summed E-state index contributed by atoms with van der Waals surface area (Å²) in [6.07, 6.45) is 3.79. The molecule has 3 aromatic rings. The van der Waals surface area contributed by atoms with Gasteiger partial charge in [-0.2, -0.15) is 0 Å². The van der Waals surface area contributed by atoms with Crippen LogP contribution in [0.2, 0.25) is 0 Å². The molecule has 0 fully saturated rings. The molecular formula is C15H12N2S2. The average molecular weight is 284 g/mol. The number of hydrogen-bond acceptors (Lipinski definition) is 4. The van der Waals surface area contributed by atoms with Crippen LogP contribution in [0.4, 0.5) is 0 Å². The lowest BCUT2D eigenvalue weighted by Gasteiger charge is -1.97. The molecule has 19 heavy (non-hydrogen) atoms. The lowest BCUT2D eigenvalue weighted by molar-refractivity contribution is 1.13. The van der Waals surface area contributed by atoms with Crippen LogP contribution >= 0.6 is 23.1 Å². The molecule has 0 saturated carbocycles. The lowest BCUT2D eigenvalue weighted by Crippen LogP contribution is -1.78. The fourth-order valence-corrected chi connectivity index (χ4v) is 3.47. The predicted molar refractivity (Wildman–Crippen MR) is 81.3 cm³/mol. The van der Waals surface area contributed by atoms with E-state index in [1.165, 1.54) is 10.4 Å². The summed E-state index contributed by atoms with van der Waals surface area (Å²) in [5.41, 5.74) is 1.18. The van der Waals surface area contributed by atoms with E-state index in [0.29, 0.717) is 0 Å². The molecule has 0 bridgehead atoms. The van der Waals surface area contributed by atoms with Gasteiger partial charge >= 0.3 is 0 Å². The van der Waals surface area contributed by atoms with Crippen molar-refractivity contribution >= 4 is 23.1 Å². The molecule has 4 heteroatoms. The molecule has 2 heterocycles. The molecule has 0 aliphatic rings. The van der Waals surface area contributed by atoms with Gasteiger partial charge in [0.25, 0.3) is 0 Å². The summed E-state index contributed by atoms with van der Waals surface area (Å²) >= 11 is 3.49. The van der Waals surface area contributed by atoms with Gasteiger partial charge in [-0.05, 0) is 12.1 Å². The zero-order valence-electron chi connectivity index (χ0n) is 10.2. The zero-order chi connectivity index (χ0) is 12.9. The van der Waals surface area contributed by atoms with E-state index < -0.39 is 0 Å². The molecule has 0 spiro atoms. The summed E-state index contributed by atoms with van der Waals surface area (Å²) < 4.78 is 0. The Kier molecular flexibility index (Phi) is 3.91. The number of thioether (sulfide) groups is 1. The molecule has 0 atom stereocenters. The highest BCUT2D eigenvalue weighted by molar-refractivity contribution is 7.98. The monoisotopic (exact) mass is 284 g/mol. The van der Waals surface area contributed by atoms with Crippen molar-refractivity contribution in [3.05, 3.63) is 65.8 Å². The number of benzene rings is 1. The molecule has 0 saturated heterocycles. The van der Waals surface area contributed by atoms with Crippen LogP contribution in [0, 0.1) is 0 Å². The fraction of sp³-hybridized carbons (Fsp3) is 0.0667. The summed E-state index contributed by atoms with van der Waals surface area (Å²) in [6.45, 7) is 0. The van der Waals surface area contributed by atoms with Crippen molar-refractivity contribution in [1.29, 1.82) is 0 Å². The predicted octanol–water partition coefficient (Wildman–Crippen LogP) is 4.50. The Morgan fingerprint density at radius 2 is 1.79 bits per heavy atom. The van der Waals surface area contributed by atoms with Crippen LogP contribution in [0.3, 0.4) is 0 Å².